The van der Waals surface area contributed by atoms with Gasteiger partial charge in [0.1, 0.15) is 12.9 Å². The van der Waals surface area contributed by atoms with Crippen molar-refractivity contribution in [2.24, 2.45) is 4.99 Å². The van der Waals surface area contributed by atoms with Crippen LogP contribution in [0.4, 0.5) is 0 Å². The molecule has 0 fully saturated rings. The number of rotatable bonds is 5. The van der Waals surface area contributed by atoms with Crippen LogP contribution in [0.15, 0.2) is 11.3 Å². The fraction of sp³-hybridized carbons (Fsp3) is 0.545. The summed E-state index contributed by atoms with van der Waals surface area (Å²) in [4.78, 5) is 4.38. The molecule has 18 heavy (non-hydrogen) atoms. The van der Waals surface area contributed by atoms with Gasteiger partial charge in [-0.15, -0.1) is 40.6 Å². The molecule has 0 spiro atoms. The zero-order valence-corrected chi connectivity index (χ0v) is 13.0. The van der Waals surface area contributed by atoms with Crippen LogP contribution in [-0.2, 0) is 13.1 Å². The third-order valence-corrected chi connectivity index (χ3v) is 2.12. The number of aliphatic imine (C=N–C) groups is 1. The Balaban J connectivity index is 0.00000289. The quantitative estimate of drug-likeness (QED) is 0.349. The van der Waals surface area contributed by atoms with E-state index in [0.717, 1.165) is 18.9 Å². The van der Waals surface area contributed by atoms with Crippen LogP contribution in [0.5, 0.6) is 0 Å². The predicted molar refractivity (Wildman–Crippen MR) is 82.8 cm³/mol. The van der Waals surface area contributed by atoms with E-state index in [2.05, 4.69) is 31.7 Å². The normalized spacial score (nSPS) is 10.4. The van der Waals surface area contributed by atoms with Crippen LogP contribution in [0.1, 0.15) is 19.7 Å². The Morgan fingerprint density at radius 1 is 1.50 bits per heavy atom. The first-order valence-corrected chi connectivity index (χ1v) is 5.64. The van der Waals surface area contributed by atoms with E-state index in [1.54, 1.807) is 6.33 Å². The number of halogens is 1. The molecule has 0 saturated heterocycles. The maximum absolute atomic E-state index is 5.19. The third kappa shape index (κ3) is 5.35. The summed E-state index contributed by atoms with van der Waals surface area (Å²) in [6, 6.07) is 0. The van der Waals surface area contributed by atoms with E-state index in [9.17, 15) is 0 Å². The van der Waals surface area contributed by atoms with Gasteiger partial charge in [-0.3, -0.25) is 0 Å². The number of aryl methyl sites for hydroxylation is 1. The molecule has 0 saturated carbocycles. The highest BCUT2D eigenvalue weighted by molar-refractivity contribution is 14.0. The number of guanidine groups is 1. The number of hydrogen-bond acceptors (Lipinski definition) is 3. The molecule has 0 bridgehead atoms. The van der Waals surface area contributed by atoms with E-state index in [-0.39, 0.29) is 24.0 Å². The standard InChI is InChI=1S/C11H18N6.HI/c1-4-7-13-11(12-5-2)14-8-10-16-15-9-17(10)6-3;/h1,9H,5-8H2,2-3H3,(H2,12,13,14);1H. The van der Waals surface area contributed by atoms with Crippen LogP contribution in [0.3, 0.4) is 0 Å². The Hall–Kier alpha value is -1.30. The minimum Gasteiger partial charge on any atom is -0.357 e. The lowest BCUT2D eigenvalue weighted by atomic mass is 10.5. The van der Waals surface area contributed by atoms with Crippen LogP contribution in [-0.4, -0.2) is 33.8 Å². The van der Waals surface area contributed by atoms with Gasteiger partial charge in [0.2, 0.25) is 0 Å². The summed E-state index contributed by atoms with van der Waals surface area (Å²) in [6.45, 7) is 6.60. The van der Waals surface area contributed by atoms with Crippen molar-refractivity contribution in [1.82, 2.24) is 25.4 Å². The molecule has 100 valence electrons. The van der Waals surface area contributed by atoms with Crippen LogP contribution in [0.2, 0.25) is 0 Å². The maximum atomic E-state index is 5.19. The van der Waals surface area contributed by atoms with Gasteiger partial charge < -0.3 is 15.2 Å². The molecule has 0 aliphatic rings. The van der Waals surface area contributed by atoms with Crippen LogP contribution in [0, 0.1) is 12.3 Å². The van der Waals surface area contributed by atoms with Crippen molar-refractivity contribution in [1.29, 1.82) is 0 Å². The second-order valence-corrected chi connectivity index (χ2v) is 3.29. The molecule has 1 rings (SSSR count). The second-order valence-electron chi connectivity index (χ2n) is 3.29. The minimum absolute atomic E-state index is 0. The van der Waals surface area contributed by atoms with Crippen molar-refractivity contribution >= 4 is 29.9 Å². The lowest BCUT2D eigenvalue weighted by Crippen LogP contribution is -2.37. The Bertz CT molecular complexity index is 406. The van der Waals surface area contributed by atoms with E-state index in [1.807, 2.05) is 18.4 Å². The summed E-state index contributed by atoms with van der Waals surface area (Å²) >= 11 is 0. The Kier molecular flexibility index (Phi) is 9.00. The number of terminal acetylenes is 1. The molecular formula is C11H19IN6. The summed E-state index contributed by atoms with van der Waals surface area (Å²) < 4.78 is 1.95. The van der Waals surface area contributed by atoms with Crippen molar-refractivity contribution < 1.29 is 0 Å². The molecule has 0 aliphatic carbocycles. The van der Waals surface area contributed by atoms with Gasteiger partial charge in [0.15, 0.2) is 11.8 Å². The highest BCUT2D eigenvalue weighted by atomic mass is 127. The molecule has 7 heteroatoms. The molecule has 0 atom stereocenters. The summed E-state index contributed by atoms with van der Waals surface area (Å²) in [5.41, 5.74) is 0. The van der Waals surface area contributed by atoms with E-state index >= 15 is 0 Å². The third-order valence-electron chi connectivity index (χ3n) is 2.12. The van der Waals surface area contributed by atoms with Gasteiger partial charge in [-0.05, 0) is 13.8 Å². The topological polar surface area (TPSA) is 67.1 Å². The number of nitrogens with one attached hydrogen (secondary N) is 2. The van der Waals surface area contributed by atoms with Crippen LogP contribution >= 0.6 is 24.0 Å². The Morgan fingerprint density at radius 2 is 2.28 bits per heavy atom. The Labute approximate surface area is 125 Å². The number of nitrogens with zero attached hydrogens (tertiary/aromatic N) is 4. The average molecular weight is 362 g/mol. The average Bonchev–Trinajstić information content (AvgIpc) is 2.80. The van der Waals surface area contributed by atoms with Gasteiger partial charge in [0.25, 0.3) is 0 Å². The summed E-state index contributed by atoms with van der Waals surface area (Å²) in [5, 5.41) is 14.0. The largest absolute Gasteiger partial charge is 0.357 e. The first-order valence-electron chi connectivity index (χ1n) is 5.64. The molecule has 0 radical (unpaired) electrons. The van der Waals surface area contributed by atoms with Gasteiger partial charge in [-0.2, -0.15) is 0 Å². The molecule has 2 N–H and O–H groups in total. The fourth-order valence-electron chi connectivity index (χ4n) is 1.29. The van der Waals surface area contributed by atoms with E-state index < -0.39 is 0 Å². The number of hydrogen-bond donors (Lipinski definition) is 2. The lowest BCUT2D eigenvalue weighted by molar-refractivity contribution is 0.695. The molecule has 0 amide bonds. The van der Waals surface area contributed by atoms with Gasteiger partial charge >= 0.3 is 0 Å². The predicted octanol–water partition coefficient (Wildman–Crippen LogP) is 0.604. The zero-order chi connectivity index (χ0) is 12.5. The van der Waals surface area contributed by atoms with Gasteiger partial charge in [0, 0.05) is 13.1 Å². The molecule has 1 heterocycles. The molecule has 1 aromatic heterocycles. The molecule has 0 aliphatic heterocycles. The first kappa shape index (κ1) is 16.7. The lowest BCUT2D eigenvalue weighted by Gasteiger charge is -2.08. The molecule has 1 aromatic rings. The summed E-state index contributed by atoms with van der Waals surface area (Å²) in [6.07, 6.45) is 6.89. The Morgan fingerprint density at radius 3 is 2.89 bits per heavy atom. The van der Waals surface area contributed by atoms with E-state index in [4.69, 9.17) is 6.42 Å². The molecular weight excluding hydrogens is 343 g/mol. The summed E-state index contributed by atoms with van der Waals surface area (Å²) in [7, 11) is 0. The van der Waals surface area contributed by atoms with Crippen molar-refractivity contribution in [2.45, 2.75) is 26.9 Å². The van der Waals surface area contributed by atoms with Crippen LogP contribution in [0.25, 0.3) is 0 Å². The van der Waals surface area contributed by atoms with E-state index in [0.29, 0.717) is 19.0 Å². The van der Waals surface area contributed by atoms with Crippen molar-refractivity contribution in [2.75, 3.05) is 13.1 Å². The van der Waals surface area contributed by atoms with Crippen LogP contribution < -0.4 is 10.6 Å². The second kappa shape index (κ2) is 9.70. The monoisotopic (exact) mass is 362 g/mol. The van der Waals surface area contributed by atoms with Crippen molar-refractivity contribution in [3.63, 3.8) is 0 Å². The number of aromatic nitrogens is 3. The van der Waals surface area contributed by atoms with Gasteiger partial charge in [0.05, 0.1) is 6.54 Å². The highest BCUT2D eigenvalue weighted by Crippen LogP contribution is 1.96. The first-order chi connectivity index (χ1) is 8.31. The fourth-order valence-corrected chi connectivity index (χ4v) is 1.29. The SMILES string of the molecule is C#CCNC(=NCc1nncn1CC)NCC.I. The maximum Gasteiger partial charge on any atom is 0.192 e. The van der Waals surface area contributed by atoms with Gasteiger partial charge in [-0.1, -0.05) is 5.92 Å². The molecule has 6 nitrogen and oxygen atoms in total. The summed E-state index contributed by atoms with van der Waals surface area (Å²) in [5.74, 6) is 4.04. The van der Waals surface area contributed by atoms with E-state index in [1.165, 1.54) is 0 Å². The molecule has 0 unspecified atom stereocenters. The molecule has 0 aromatic carbocycles. The minimum atomic E-state index is 0. The van der Waals surface area contributed by atoms with Crippen molar-refractivity contribution in [3.8, 4) is 12.3 Å². The van der Waals surface area contributed by atoms with Gasteiger partial charge in [-0.25, -0.2) is 4.99 Å². The zero-order valence-electron chi connectivity index (χ0n) is 10.7. The highest BCUT2D eigenvalue weighted by Gasteiger charge is 2.02. The van der Waals surface area contributed by atoms with Crippen molar-refractivity contribution in [3.05, 3.63) is 12.2 Å². The smallest absolute Gasteiger partial charge is 0.192 e.